The maximum absolute atomic E-state index is 13.5. The first-order chi connectivity index (χ1) is 10.8. The summed E-state index contributed by atoms with van der Waals surface area (Å²) >= 11 is 0. The molecule has 1 heterocycles. The Morgan fingerprint density at radius 2 is 2.22 bits per heavy atom. The van der Waals surface area contributed by atoms with Crippen LogP contribution in [0.1, 0.15) is 19.8 Å². The lowest BCUT2D eigenvalue weighted by molar-refractivity contribution is -0.131. The highest BCUT2D eigenvalue weighted by atomic mass is 32.2. The van der Waals surface area contributed by atoms with Gasteiger partial charge in [-0.15, -0.1) is 0 Å². The summed E-state index contributed by atoms with van der Waals surface area (Å²) in [5.74, 6) is -3.05. The lowest BCUT2D eigenvalue weighted by Crippen LogP contribution is -2.39. The van der Waals surface area contributed by atoms with Crippen molar-refractivity contribution in [1.29, 1.82) is 0 Å². The maximum Gasteiger partial charge on any atom is 0.267 e. The van der Waals surface area contributed by atoms with Crippen molar-refractivity contribution in [3.63, 3.8) is 0 Å². The zero-order valence-corrected chi connectivity index (χ0v) is 13.2. The third kappa shape index (κ3) is 4.69. The molecule has 1 aromatic carbocycles. The van der Waals surface area contributed by atoms with Gasteiger partial charge >= 0.3 is 0 Å². The summed E-state index contributed by atoms with van der Waals surface area (Å²) in [5.41, 5.74) is 0. The quantitative estimate of drug-likeness (QED) is 0.838. The maximum atomic E-state index is 13.5. The average molecular weight is 349 g/mol. The van der Waals surface area contributed by atoms with Crippen LogP contribution in [0.25, 0.3) is 0 Å². The number of carbonyl (C=O) groups excluding carboxylic acids is 1. The molecule has 6 nitrogen and oxygen atoms in total. The Kier molecular flexibility index (Phi) is 5.66. The Morgan fingerprint density at radius 1 is 1.48 bits per heavy atom. The number of hydrogen-bond acceptors (Lipinski definition) is 5. The Hall–Kier alpha value is -1.58. The number of amides is 1. The number of carbonyl (C=O) groups is 1. The molecule has 0 radical (unpaired) electrons. The van der Waals surface area contributed by atoms with Crippen molar-refractivity contribution in [3.8, 4) is 0 Å². The zero-order chi connectivity index (χ0) is 17.0. The zero-order valence-electron chi connectivity index (χ0n) is 12.4. The summed E-state index contributed by atoms with van der Waals surface area (Å²) < 4.78 is 62.8. The lowest BCUT2D eigenvalue weighted by Gasteiger charge is -2.16. The number of nitrogens with one attached hydrogen (secondary N) is 1. The van der Waals surface area contributed by atoms with Crippen LogP contribution in [0.4, 0.5) is 8.78 Å². The van der Waals surface area contributed by atoms with Crippen LogP contribution in [0.5, 0.6) is 0 Å². The van der Waals surface area contributed by atoms with Gasteiger partial charge in [-0.3, -0.25) is 4.79 Å². The van der Waals surface area contributed by atoms with E-state index in [4.69, 9.17) is 9.47 Å². The minimum atomic E-state index is -4.52. The first-order valence-corrected chi connectivity index (χ1v) is 8.53. The Labute approximate surface area is 132 Å². The van der Waals surface area contributed by atoms with Gasteiger partial charge < -0.3 is 9.47 Å². The van der Waals surface area contributed by atoms with Crippen LogP contribution in [0.2, 0.25) is 0 Å². The minimum absolute atomic E-state index is 0.123. The van der Waals surface area contributed by atoms with Gasteiger partial charge in [0.15, 0.2) is 0 Å². The number of rotatable bonds is 6. The molecule has 1 fully saturated rings. The second kappa shape index (κ2) is 7.33. The molecular formula is C14H17F2NO5S. The highest BCUT2D eigenvalue weighted by Crippen LogP contribution is 2.16. The van der Waals surface area contributed by atoms with Gasteiger partial charge in [0.05, 0.1) is 12.7 Å². The van der Waals surface area contributed by atoms with Crippen LogP contribution < -0.4 is 4.72 Å². The van der Waals surface area contributed by atoms with Crippen LogP contribution in [0, 0.1) is 11.6 Å². The van der Waals surface area contributed by atoms with Crippen molar-refractivity contribution in [3.05, 3.63) is 29.8 Å². The van der Waals surface area contributed by atoms with Gasteiger partial charge in [-0.2, -0.15) is 0 Å². The van der Waals surface area contributed by atoms with Crippen molar-refractivity contribution >= 4 is 15.9 Å². The van der Waals surface area contributed by atoms with Crippen molar-refractivity contribution in [2.45, 2.75) is 36.9 Å². The normalized spacial score (nSPS) is 19.5. The highest BCUT2D eigenvalue weighted by molar-refractivity contribution is 7.90. The molecule has 2 unspecified atom stereocenters. The van der Waals surface area contributed by atoms with Gasteiger partial charge in [0.1, 0.15) is 22.6 Å². The van der Waals surface area contributed by atoms with E-state index >= 15 is 0 Å². The molecule has 0 spiro atoms. The second-order valence-electron chi connectivity index (χ2n) is 5.16. The standard InChI is InChI=1S/C14H17F2NO5S/c1-9(22-8-11-3-2-6-21-11)14(18)17-23(19,20)13-7-10(15)4-5-12(13)16/h4-5,7,9,11H,2-3,6,8H2,1H3,(H,17,18). The molecule has 2 rings (SSSR count). The van der Waals surface area contributed by atoms with Crippen LogP contribution in [0.15, 0.2) is 23.1 Å². The number of hydrogen-bond donors (Lipinski definition) is 1. The molecule has 1 aromatic rings. The lowest BCUT2D eigenvalue weighted by atomic mass is 10.2. The molecule has 0 saturated carbocycles. The third-order valence-corrected chi connectivity index (χ3v) is 4.70. The highest BCUT2D eigenvalue weighted by Gasteiger charge is 2.26. The van der Waals surface area contributed by atoms with Gasteiger partial charge in [-0.05, 0) is 38.0 Å². The predicted molar refractivity (Wildman–Crippen MR) is 76.1 cm³/mol. The van der Waals surface area contributed by atoms with E-state index in [0.29, 0.717) is 18.7 Å². The molecule has 2 atom stereocenters. The predicted octanol–water partition coefficient (Wildman–Crippen LogP) is 1.35. The molecule has 1 saturated heterocycles. The van der Waals surface area contributed by atoms with E-state index in [2.05, 4.69) is 0 Å². The summed E-state index contributed by atoms with van der Waals surface area (Å²) in [5, 5.41) is 0. The molecule has 1 amide bonds. The van der Waals surface area contributed by atoms with E-state index < -0.39 is 38.6 Å². The number of benzene rings is 1. The molecule has 9 heteroatoms. The molecule has 1 aliphatic rings. The molecule has 0 aliphatic carbocycles. The van der Waals surface area contributed by atoms with Crippen molar-refractivity contribution in [1.82, 2.24) is 4.72 Å². The largest absolute Gasteiger partial charge is 0.376 e. The van der Waals surface area contributed by atoms with Crippen molar-refractivity contribution < 1.29 is 31.5 Å². The summed E-state index contributed by atoms with van der Waals surface area (Å²) in [6.07, 6.45) is 0.510. The SMILES string of the molecule is CC(OCC1CCCO1)C(=O)NS(=O)(=O)c1cc(F)ccc1F. The third-order valence-electron chi connectivity index (χ3n) is 3.34. The smallest absolute Gasteiger partial charge is 0.267 e. The van der Waals surface area contributed by atoms with Crippen LogP contribution in [-0.2, 0) is 24.3 Å². The van der Waals surface area contributed by atoms with E-state index in [1.54, 1.807) is 4.72 Å². The first kappa shape index (κ1) is 17.8. The summed E-state index contributed by atoms with van der Waals surface area (Å²) in [6.45, 7) is 2.15. The molecule has 23 heavy (non-hydrogen) atoms. The fourth-order valence-electron chi connectivity index (χ4n) is 2.06. The molecular weight excluding hydrogens is 332 g/mol. The van der Waals surface area contributed by atoms with E-state index in [0.717, 1.165) is 18.9 Å². The van der Waals surface area contributed by atoms with Crippen LogP contribution >= 0.6 is 0 Å². The van der Waals surface area contributed by atoms with E-state index in [1.807, 2.05) is 0 Å². The van der Waals surface area contributed by atoms with Crippen molar-refractivity contribution in [2.24, 2.45) is 0 Å². The van der Waals surface area contributed by atoms with E-state index in [-0.39, 0.29) is 12.7 Å². The van der Waals surface area contributed by atoms with Crippen LogP contribution in [-0.4, -0.2) is 39.7 Å². The molecule has 1 N–H and O–H groups in total. The minimum Gasteiger partial charge on any atom is -0.376 e. The molecule has 1 aliphatic heterocycles. The van der Waals surface area contributed by atoms with Gasteiger partial charge in [0, 0.05) is 6.61 Å². The first-order valence-electron chi connectivity index (χ1n) is 7.04. The summed E-state index contributed by atoms with van der Waals surface area (Å²) in [4.78, 5) is 10.9. The number of halogens is 2. The second-order valence-corrected chi connectivity index (χ2v) is 6.81. The summed E-state index contributed by atoms with van der Waals surface area (Å²) in [7, 11) is -4.52. The Balaban J connectivity index is 1.98. The van der Waals surface area contributed by atoms with Gasteiger partial charge in [0.25, 0.3) is 15.9 Å². The van der Waals surface area contributed by atoms with Crippen LogP contribution in [0.3, 0.4) is 0 Å². The van der Waals surface area contributed by atoms with Gasteiger partial charge in [0.2, 0.25) is 0 Å². The molecule has 0 aromatic heterocycles. The van der Waals surface area contributed by atoms with E-state index in [9.17, 15) is 22.0 Å². The summed E-state index contributed by atoms with van der Waals surface area (Å²) in [6, 6.07) is 1.96. The Morgan fingerprint density at radius 3 is 2.87 bits per heavy atom. The van der Waals surface area contributed by atoms with Crippen molar-refractivity contribution in [2.75, 3.05) is 13.2 Å². The molecule has 128 valence electrons. The molecule has 0 bridgehead atoms. The topological polar surface area (TPSA) is 81.7 Å². The monoisotopic (exact) mass is 349 g/mol. The average Bonchev–Trinajstić information content (AvgIpc) is 3.00. The number of sulfonamides is 1. The number of ether oxygens (including phenoxy) is 2. The fourth-order valence-corrected chi connectivity index (χ4v) is 3.19. The fraction of sp³-hybridized carbons (Fsp3) is 0.500. The Bertz CT molecular complexity index is 674. The van der Waals surface area contributed by atoms with Gasteiger partial charge in [-0.1, -0.05) is 0 Å². The van der Waals surface area contributed by atoms with Gasteiger partial charge in [-0.25, -0.2) is 21.9 Å². The van der Waals surface area contributed by atoms with E-state index in [1.165, 1.54) is 6.92 Å².